The Balaban J connectivity index is 1.64. The molecule has 0 bridgehead atoms. The third kappa shape index (κ3) is 4.65. The predicted molar refractivity (Wildman–Crippen MR) is 109 cm³/mol. The maximum atomic E-state index is 12.7. The summed E-state index contributed by atoms with van der Waals surface area (Å²) >= 11 is 0. The maximum Gasteiger partial charge on any atom is 0.337 e. The standard InChI is InChI=1S/C21H24N2O5S/c1-15-8-9-17(21(25)28-2)14-19(15)22-20(24)16-10-12-23(13-11-16)29(26,27)18-6-4-3-5-7-18/h3-9,14,16H,10-13H2,1-2H3,(H,22,24). The summed E-state index contributed by atoms with van der Waals surface area (Å²) in [7, 11) is -2.24. The van der Waals surface area contributed by atoms with Gasteiger partial charge in [-0.2, -0.15) is 4.31 Å². The van der Waals surface area contributed by atoms with Gasteiger partial charge in [0.15, 0.2) is 0 Å². The molecule has 1 aliphatic heterocycles. The number of hydrogen-bond donors (Lipinski definition) is 1. The summed E-state index contributed by atoms with van der Waals surface area (Å²) in [5.41, 5.74) is 1.74. The molecule has 1 amide bonds. The van der Waals surface area contributed by atoms with Gasteiger partial charge in [-0.15, -0.1) is 0 Å². The van der Waals surface area contributed by atoms with Crippen molar-refractivity contribution in [1.82, 2.24) is 4.31 Å². The van der Waals surface area contributed by atoms with Gasteiger partial charge in [0.1, 0.15) is 0 Å². The summed E-state index contributed by atoms with van der Waals surface area (Å²) in [6.07, 6.45) is 0.876. The number of aryl methyl sites for hydroxylation is 1. The van der Waals surface area contributed by atoms with E-state index in [1.165, 1.54) is 11.4 Å². The molecule has 0 radical (unpaired) electrons. The molecule has 1 aliphatic rings. The fraction of sp³-hybridized carbons (Fsp3) is 0.333. The van der Waals surface area contributed by atoms with E-state index in [1.54, 1.807) is 48.5 Å². The van der Waals surface area contributed by atoms with Gasteiger partial charge < -0.3 is 10.1 Å². The molecule has 0 unspecified atom stereocenters. The highest BCUT2D eigenvalue weighted by atomic mass is 32.2. The fourth-order valence-electron chi connectivity index (χ4n) is 3.34. The van der Waals surface area contributed by atoms with Crippen LogP contribution in [-0.2, 0) is 19.6 Å². The highest BCUT2D eigenvalue weighted by Gasteiger charge is 2.32. The number of hydrogen-bond acceptors (Lipinski definition) is 5. The Bertz CT molecular complexity index is 997. The van der Waals surface area contributed by atoms with Crippen LogP contribution in [0.3, 0.4) is 0 Å². The Morgan fingerprint density at radius 1 is 1.07 bits per heavy atom. The van der Waals surface area contributed by atoms with Gasteiger partial charge in [-0.3, -0.25) is 4.79 Å². The number of carbonyl (C=O) groups excluding carboxylic acids is 2. The lowest BCUT2D eigenvalue weighted by Crippen LogP contribution is -2.41. The van der Waals surface area contributed by atoms with E-state index in [1.807, 2.05) is 6.92 Å². The van der Waals surface area contributed by atoms with Crippen LogP contribution in [0.1, 0.15) is 28.8 Å². The van der Waals surface area contributed by atoms with Crippen molar-refractivity contribution in [3.63, 3.8) is 0 Å². The van der Waals surface area contributed by atoms with E-state index in [2.05, 4.69) is 5.32 Å². The van der Waals surface area contributed by atoms with Crippen LogP contribution in [0.4, 0.5) is 5.69 Å². The number of nitrogens with zero attached hydrogens (tertiary/aromatic N) is 1. The van der Waals surface area contributed by atoms with Gasteiger partial charge in [0, 0.05) is 24.7 Å². The number of piperidine rings is 1. The van der Waals surface area contributed by atoms with Crippen LogP contribution in [0.15, 0.2) is 53.4 Å². The van der Waals surface area contributed by atoms with Crippen molar-refractivity contribution in [2.24, 2.45) is 5.92 Å². The summed E-state index contributed by atoms with van der Waals surface area (Å²) in [5, 5.41) is 2.87. The number of sulfonamides is 1. The highest BCUT2D eigenvalue weighted by molar-refractivity contribution is 7.89. The lowest BCUT2D eigenvalue weighted by Gasteiger charge is -2.30. The molecular weight excluding hydrogens is 392 g/mol. The normalized spacial score (nSPS) is 15.7. The fourth-order valence-corrected chi connectivity index (χ4v) is 4.83. The van der Waals surface area contributed by atoms with Gasteiger partial charge in [0.25, 0.3) is 0 Å². The molecule has 7 nitrogen and oxygen atoms in total. The number of benzene rings is 2. The van der Waals surface area contributed by atoms with E-state index in [0.717, 1.165) is 5.56 Å². The Kier molecular flexibility index (Phi) is 6.34. The van der Waals surface area contributed by atoms with Crippen LogP contribution in [0, 0.1) is 12.8 Å². The van der Waals surface area contributed by atoms with Crippen molar-refractivity contribution in [1.29, 1.82) is 0 Å². The number of ether oxygens (including phenoxy) is 1. The van der Waals surface area contributed by atoms with Gasteiger partial charge in [-0.05, 0) is 49.6 Å². The molecule has 1 N–H and O–H groups in total. The summed E-state index contributed by atoms with van der Waals surface area (Å²) in [6.45, 7) is 2.42. The molecule has 0 saturated carbocycles. The molecule has 0 aliphatic carbocycles. The van der Waals surface area contributed by atoms with E-state index in [-0.39, 0.29) is 29.8 Å². The van der Waals surface area contributed by atoms with Crippen molar-refractivity contribution in [2.75, 3.05) is 25.5 Å². The number of anilines is 1. The van der Waals surface area contributed by atoms with Crippen molar-refractivity contribution in [3.05, 3.63) is 59.7 Å². The summed E-state index contributed by atoms with van der Waals surface area (Å²) in [4.78, 5) is 24.7. The molecule has 3 rings (SSSR count). The van der Waals surface area contributed by atoms with Gasteiger partial charge in [-0.25, -0.2) is 13.2 Å². The smallest absolute Gasteiger partial charge is 0.337 e. The number of esters is 1. The molecule has 2 aromatic rings. The minimum Gasteiger partial charge on any atom is -0.465 e. The first-order valence-corrected chi connectivity index (χ1v) is 10.8. The molecule has 1 fully saturated rings. The minimum absolute atomic E-state index is 0.174. The van der Waals surface area contributed by atoms with E-state index in [0.29, 0.717) is 24.1 Å². The van der Waals surface area contributed by atoms with E-state index in [9.17, 15) is 18.0 Å². The van der Waals surface area contributed by atoms with Crippen LogP contribution in [0.5, 0.6) is 0 Å². The van der Waals surface area contributed by atoms with Crippen LogP contribution >= 0.6 is 0 Å². The SMILES string of the molecule is COC(=O)c1ccc(C)c(NC(=O)C2CCN(S(=O)(=O)c3ccccc3)CC2)c1. The predicted octanol–water partition coefficient (Wildman–Crippen LogP) is 2.82. The third-order valence-electron chi connectivity index (χ3n) is 5.12. The molecule has 1 heterocycles. The lowest BCUT2D eigenvalue weighted by molar-refractivity contribution is -0.120. The van der Waals surface area contributed by atoms with Crippen LogP contribution in [0.25, 0.3) is 0 Å². The van der Waals surface area contributed by atoms with Crippen molar-refractivity contribution in [2.45, 2.75) is 24.7 Å². The zero-order valence-electron chi connectivity index (χ0n) is 16.4. The molecule has 2 aromatic carbocycles. The van der Waals surface area contributed by atoms with Crippen LogP contribution < -0.4 is 5.32 Å². The molecule has 0 atom stereocenters. The quantitative estimate of drug-likeness (QED) is 0.757. The Morgan fingerprint density at radius 3 is 2.34 bits per heavy atom. The van der Waals surface area contributed by atoms with Gasteiger partial charge >= 0.3 is 5.97 Å². The Hall–Kier alpha value is -2.71. The van der Waals surface area contributed by atoms with Crippen LogP contribution in [0.2, 0.25) is 0 Å². The first kappa shape index (κ1) is 21.0. The molecule has 154 valence electrons. The monoisotopic (exact) mass is 416 g/mol. The van der Waals surface area contributed by atoms with Crippen molar-refractivity contribution in [3.8, 4) is 0 Å². The van der Waals surface area contributed by atoms with Crippen molar-refractivity contribution < 1.29 is 22.7 Å². The first-order valence-electron chi connectivity index (χ1n) is 9.38. The second-order valence-electron chi connectivity index (χ2n) is 7.00. The first-order chi connectivity index (χ1) is 13.8. The number of nitrogens with one attached hydrogen (secondary N) is 1. The van der Waals surface area contributed by atoms with E-state index < -0.39 is 16.0 Å². The number of amides is 1. The minimum atomic E-state index is -3.54. The van der Waals surface area contributed by atoms with Gasteiger partial charge in [0.2, 0.25) is 15.9 Å². The van der Waals surface area contributed by atoms with Gasteiger partial charge in [0.05, 0.1) is 17.6 Å². The average molecular weight is 416 g/mol. The molecule has 1 saturated heterocycles. The molecule has 0 spiro atoms. The largest absolute Gasteiger partial charge is 0.465 e. The van der Waals surface area contributed by atoms with Crippen molar-refractivity contribution >= 4 is 27.6 Å². The third-order valence-corrected chi connectivity index (χ3v) is 7.04. The zero-order chi connectivity index (χ0) is 21.0. The summed E-state index contributed by atoms with van der Waals surface area (Å²) in [6, 6.07) is 13.3. The topological polar surface area (TPSA) is 92.8 Å². The molecule has 8 heteroatoms. The summed E-state index contributed by atoms with van der Waals surface area (Å²) < 4.78 is 31.6. The van der Waals surface area contributed by atoms with E-state index >= 15 is 0 Å². The maximum absolute atomic E-state index is 12.7. The molecular formula is C21H24N2O5S. The zero-order valence-corrected chi connectivity index (χ0v) is 17.2. The van der Waals surface area contributed by atoms with Gasteiger partial charge in [-0.1, -0.05) is 24.3 Å². The highest BCUT2D eigenvalue weighted by Crippen LogP contribution is 2.26. The van der Waals surface area contributed by atoms with E-state index in [4.69, 9.17) is 4.74 Å². The Morgan fingerprint density at radius 2 is 1.72 bits per heavy atom. The number of carbonyl (C=O) groups is 2. The summed E-state index contributed by atoms with van der Waals surface area (Å²) in [5.74, 6) is -0.940. The second kappa shape index (κ2) is 8.75. The number of methoxy groups -OCH3 is 1. The average Bonchev–Trinajstić information content (AvgIpc) is 2.75. The van der Waals surface area contributed by atoms with Crippen LogP contribution in [-0.4, -0.2) is 44.8 Å². The second-order valence-corrected chi connectivity index (χ2v) is 8.94. The molecule has 0 aromatic heterocycles. The molecule has 29 heavy (non-hydrogen) atoms. The lowest BCUT2D eigenvalue weighted by atomic mass is 9.97. The Labute approximate surface area is 170 Å². The number of rotatable bonds is 5.